The molecular weight excluding hydrogens is 522 g/mol. The lowest BCUT2D eigenvalue weighted by atomic mass is 9.63. The van der Waals surface area contributed by atoms with Gasteiger partial charge in [0, 0.05) is 47.8 Å². The Kier molecular flexibility index (Phi) is 7.64. The summed E-state index contributed by atoms with van der Waals surface area (Å²) >= 11 is 6.75. The molecule has 5 rings (SSSR count). The molecule has 1 heterocycles. The van der Waals surface area contributed by atoms with Gasteiger partial charge in [-0.1, -0.05) is 69.6 Å². The van der Waals surface area contributed by atoms with Crippen molar-refractivity contribution in [2.75, 3.05) is 20.3 Å². The highest BCUT2D eigenvalue weighted by molar-refractivity contribution is 6.32. The summed E-state index contributed by atoms with van der Waals surface area (Å²) in [6, 6.07) is 14.2. The molecule has 0 saturated carbocycles. The molecule has 0 fully saturated rings. The number of Topliss-reactive ketones (excluding diaryl/α,β-unsaturated/α-hetero) is 2. The van der Waals surface area contributed by atoms with Crippen LogP contribution in [0.2, 0.25) is 5.02 Å². The highest BCUT2D eigenvalue weighted by Crippen LogP contribution is 2.55. The van der Waals surface area contributed by atoms with Crippen molar-refractivity contribution in [2.24, 2.45) is 10.8 Å². The molecule has 40 heavy (non-hydrogen) atoms. The van der Waals surface area contributed by atoms with Gasteiger partial charge < -0.3 is 14.4 Å². The van der Waals surface area contributed by atoms with Gasteiger partial charge in [0.15, 0.2) is 23.1 Å². The number of halogens is 1. The molecule has 6 heteroatoms. The summed E-state index contributed by atoms with van der Waals surface area (Å²) in [7, 11) is 1.59. The molecule has 2 aliphatic carbocycles. The first-order valence-electron chi connectivity index (χ1n) is 14.3. The van der Waals surface area contributed by atoms with E-state index in [0.717, 1.165) is 47.4 Å². The van der Waals surface area contributed by atoms with Gasteiger partial charge in [-0.25, -0.2) is 0 Å². The van der Waals surface area contributed by atoms with E-state index in [-0.39, 0.29) is 22.4 Å². The summed E-state index contributed by atoms with van der Waals surface area (Å²) in [5.74, 6) is 0.717. The smallest absolute Gasteiger partial charge is 0.179 e. The minimum absolute atomic E-state index is 0.106. The topological polar surface area (TPSA) is 55.8 Å². The number of benzene rings is 2. The fourth-order valence-electron chi connectivity index (χ4n) is 6.73. The van der Waals surface area contributed by atoms with E-state index < -0.39 is 5.92 Å². The number of ether oxygens (including phenoxy) is 2. The maximum atomic E-state index is 14.1. The van der Waals surface area contributed by atoms with Crippen LogP contribution in [0.15, 0.2) is 65.0 Å². The summed E-state index contributed by atoms with van der Waals surface area (Å²) in [5.41, 5.74) is 5.26. The van der Waals surface area contributed by atoms with Crippen molar-refractivity contribution in [3.05, 3.63) is 81.2 Å². The van der Waals surface area contributed by atoms with Gasteiger partial charge in [0.2, 0.25) is 0 Å². The number of rotatable bonds is 7. The first-order valence-corrected chi connectivity index (χ1v) is 14.7. The number of hydrogen-bond acceptors (Lipinski definition) is 5. The van der Waals surface area contributed by atoms with Gasteiger partial charge >= 0.3 is 0 Å². The fraction of sp³-hybridized carbons (Fsp3) is 0.471. The molecule has 0 N–H and O–H groups in total. The number of hydrogen-bond donors (Lipinski definition) is 0. The third kappa shape index (κ3) is 5.33. The Morgan fingerprint density at radius 2 is 1.48 bits per heavy atom. The number of nitrogens with zero attached hydrogens (tertiary/aromatic N) is 1. The first kappa shape index (κ1) is 28.5. The van der Waals surface area contributed by atoms with E-state index >= 15 is 0 Å². The molecule has 0 amide bonds. The maximum Gasteiger partial charge on any atom is 0.179 e. The van der Waals surface area contributed by atoms with Gasteiger partial charge in [0.25, 0.3) is 0 Å². The zero-order chi connectivity index (χ0) is 28.8. The predicted molar refractivity (Wildman–Crippen MR) is 159 cm³/mol. The van der Waals surface area contributed by atoms with Crippen molar-refractivity contribution in [3.63, 3.8) is 0 Å². The number of allylic oxidation sites excluding steroid dienone is 4. The maximum absolute atomic E-state index is 14.1. The second kappa shape index (κ2) is 10.7. The van der Waals surface area contributed by atoms with Crippen LogP contribution in [-0.2, 0) is 16.0 Å². The van der Waals surface area contributed by atoms with Crippen LogP contribution in [0.4, 0.5) is 0 Å². The Morgan fingerprint density at radius 1 is 0.900 bits per heavy atom. The monoisotopic (exact) mass is 561 g/mol. The highest BCUT2D eigenvalue weighted by atomic mass is 35.5. The molecule has 0 aromatic heterocycles. The quantitative estimate of drug-likeness (QED) is 0.347. The molecule has 5 nitrogen and oxygen atoms in total. The third-order valence-electron chi connectivity index (χ3n) is 8.36. The second-order valence-corrected chi connectivity index (χ2v) is 13.3. The SMILES string of the molecule is CCOc1c(Cl)cc(C2C3=C(CC(C)(C)CC3=O)N(CCc3ccccc3)C3=C2C(=O)CC(C)(C)C3)cc1OC. The first-order chi connectivity index (χ1) is 18.9. The molecular formula is C34H40ClNO4. The molecule has 0 unspecified atom stereocenters. The van der Waals surface area contributed by atoms with Crippen LogP contribution >= 0.6 is 11.6 Å². The Hall–Kier alpha value is -3.05. The van der Waals surface area contributed by atoms with Gasteiger partial charge in [-0.05, 0) is 60.3 Å². The molecule has 2 aromatic carbocycles. The highest BCUT2D eigenvalue weighted by Gasteiger charge is 2.49. The molecule has 0 radical (unpaired) electrons. The Balaban J connectivity index is 1.73. The van der Waals surface area contributed by atoms with E-state index in [1.54, 1.807) is 7.11 Å². The average Bonchev–Trinajstić information content (AvgIpc) is 2.87. The van der Waals surface area contributed by atoms with Crippen LogP contribution in [-0.4, -0.2) is 36.7 Å². The van der Waals surface area contributed by atoms with Crippen molar-refractivity contribution in [1.29, 1.82) is 0 Å². The standard InChI is InChI=1S/C34H40ClNO4/c1-7-40-32-23(35)15-22(16-28(32)39-6)29-30-24(17-33(2,3)19-26(30)37)36(14-13-21-11-9-8-10-12-21)25-18-34(4,5)20-27(38)31(25)29/h8-12,15-16,29H,7,13-14,17-20H2,1-6H3. The number of methoxy groups -OCH3 is 1. The summed E-state index contributed by atoms with van der Waals surface area (Å²) in [4.78, 5) is 30.4. The van der Waals surface area contributed by atoms with Crippen LogP contribution in [0.5, 0.6) is 11.5 Å². The van der Waals surface area contributed by atoms with Gasteiger partial charge in [0.1, 0.15) is 0 Å². The average molecular weight is 562 g/mol. The Bertz CT molecular complexity index is 1350. The lowest BCUT2D eigenvalue weighted by molar-refractivity contribution is -0.119. The number of carbonyl (C=O) groups is 2. The van der Waals surface area contributed by atoms with Crippen LogP contribution < -0.4 is 9.47 Å². The van der Waals surface area contributed by atoms with Gasteiger partial charge in [-0.15, -0.1) is 0 Å². The predicted octanol–water partition coefficient (Wildman–Crippen LogP) is 7.68. The van der Waals surface area contributed by atoms with Crippen LogP contribution in [0.25, 0.3) is 0 Å². The van der Waals surface area contributed by atoms with Crippen molar-refractivity contribution in [1.82, 2.24) is 4.90 Å². The van der Waals surface area contributed by atoms with Crippen molar-refractivity contribution in [3.8, 4) is 11.5 Å². The minimum atomic E-state index is -0.479. The molecule has 212 valence electrons. The molecule has 1 aliphatic heterocycles. The summed E-state index contributed by atoms with van der Waals surface area (Å²) < 4.78 is 11.5. The molecule has 3 aliphatic rings. The number of carbonyl (C=O) groups excluding carboxylic acids is 2. The molecule has 0 spiro atoms. The Labute approximate surface area is 243 Å². The van der Waals surface area contributed by atoms with E-state index in [0.29, 0.717) is 42.5 Å². The summed E-state index contributed by atoms with van der Waals surface area (Å²) in [6.45, 7) is 11.7. The molecule has 2 aromatic rings. The third-order valence-corrected chi connectivity index (χ3v) is 8.64. The van der Waals surface area contributed by atoms with Gasteiger partial charge in [0.05, 0.1) is 18.7 Å². The van der Waals surface area contributed by atoms with Crippen LogP contribution in [0.3, 0.4) is 0 Å². The van der Waals surface area contributed by atoms with Crippen molar-refractivity contribution in [2.45, 2.75) is 72.6 Å². The van der Waals surface area contributed by atoms with E-state index in [1.807, 2.05) is 25.1 Å². The molecule has 0 atom stereocenters. The van der Waals surface area contributed by atoms with Crippen molar-refractivity contribution >= 4 is 23.2 Å². The lowest BCUT2D eigenvalue weighted by Gasteiger charge is -2.49. The summed E-state index contributed by atoms with van der Waals surface area (Å²) in [5, 5.41) is 0.416. The normalized spacial score (nSPS) is 20.4. The zero-order valence-electron chi connectivity index (χ0n) is 24.5. The second-order valence-electron chi connectivity index (χ2n) is 12.9. The van der Waals surface area contributed by atoms with Gasteiger partial charge in [-0.2, -0.15) is 0 Å². The lowest BCUT2D eigenvalue weighted by Crippen LogP contribution is -2.45. The van der Waals surface area contributed by atoms with E-state index in [1.165, 1.54) is 5.56 Å². The van der Waals surface area contributed by atoms with Crippen LogP contribution in [0, 0.1) is 10.8 Å². The fourth-order valence-corrected chi connectivity index (χ4v) is 7.00. The van der Waals surface area contributed by atoms with Crippen LogP contribution in [0.1, 0.15) is 77.3 Å². The summed E-state index contributed by atoms with van der Waals surface area (Å²) in [6.07, 6.45) is 3.25. The minimum Gasteiger partial charge on any atom is -0.493 e. The zero-order valence-corrected chi connectivity index (χ0v) is 25.3. The van der Waals surface area contributed by atoms with E-state index in [2.05, 4.69) is 56.9 Å². The van der Waals surface area contributed by atoms with E-state index in [4.69, 9.17) is 21.1 Å². The van der Waals surface area contributed by atoms with Gasteiger partial charge in [-0.3, -0.25) is 9.59 Å². The Morgan fingerprint density at radius 3 is 2.00 bits per heavy atom. The van der Waals surface area contributed by atoms with E-state index in [9.17, 15) is 9.59 Å². The largest absolute Gasteiger partial charge is 0.493 e. The molecule has 0 bridgehead atoms. The van der Waals surface area contributed by atoms with Crippen molar-refractivity contribution < 1.29 is 19.1 Å². The molecule has 0 saturated heterocycles. The number of ketones is 2.